The Balaban J connectivity index is 4.41. The highest BCUT2D eigenvalue weighted by Crippen LogP contribution is 2.14. The van der Waals surface area contributed by atoms with Crippen molar-refractivity contribution >= 4 is 11.9 Å². The van der Waals surface area contributed by atoms with E-state index in [2.05, 4.69) is 10.6 Å². The monoisotopic (exact) mass is 360 g/mol. The molecule has 8 nitrogen and oxygen atoms in total. The Labute approximate surface area is 149 Å². The molecule has 0 aromatic carbocycles. The molecule has 0 aromatic heterocycles. The fourth-order valence-corrected chi connectivity index (χ4v) is 2.09. The first-order chi connectivity index (χ1) is 11.7. The predicted molar refractivity (Wildman–Crippen MR) is 93.2 cm³/mol. The van der Waals surface area contributed by atoms with E-state index in [9.17, 15) is 24.9 Å². The highest BCUT2D eigenvalue weighted by atomic mass is 16.6. The third-order valence-corrected chi connectivity index (χ3v) is 3.52. The Morgan fingerprint density at radius 3 is 2.28 bits per heavy atom. The summed E-state index contributed by atoms with van der Waals surface area (Å²) in [4.78, 5) is 23.5. The number of ether oxygens (including phenoxy) is 1. The lowest BCUT2D eigenvalue weighted by atomic mass is 10.0. The second-order valence-corrected chi connectivity index (χ2v) is 6.29. The molecular formula is C17H32N2O6. The first kappa shape index (κ1) is 23.5. The van der Waals surface area contributed by atoms with Gasteiger partial charge in [0, 0.05) is 6.54 Å². The predicted octanol–water partition coefficient (Wildman–Crippen LogP) is -0.118. The van der Waals surface area contributed by atoms with E-state index >= 15 is 0 Å². The molecule has 146 valence electrons. The standard InChI is InChI=1S/C17H32N2O6/c1-5-7-14(20)19-10-15(21)18-9-12(6-2)17(24)25-13(16(22)23)8-11(3)4/h5,7,11-13,15-16,18,21-23H,6,8-10H2,1-4H3,(H,19,20). The van der Waals surface area contributed by atoms with E-state index in [1.165, 1.54) is 6.08 Å². The average Bonchev–Trinajstić information content (AvgIpc) is 2.52. The zero-order chi connectivity index (χ0) is 19.4. The zero-order valence-electron chi connectivity index (χ0n) is 15.4. The van der Waals surface area contributed by atoms with Gasteiger partial charge >= 0.3 is 5.97 Å². The van der Waals surface area contributed by atoms with E-state index in [1.807, 2.05) is 13.8 Å². The van der Waals surface area contributed by atoms with Crippen LogP contribution in [0.4, 0.5) is 0 Å². The van der Waals surface area contributed by atoms with Gasteiger partial charge in [-0.3, -0.25) is 14.9 Å². The van der Waals surface area contributed by atoms with Gasteiger partial charge < -0.3 is 25.4 Å². The van der Waals surface area contributed by atoms with Gasteiger partial charge in [0.2, 0.25) is 5.91 Å². The first-order valence-electron chi connectivity index (χ1n) is 8.59. The molecule has 25 heavy (non-hydrogen) atoms. The third kappa shape index (κ3) is 10.9. The molecule has 0 saturated carbocycles. The largest absolute Gasteiger partial charge is 0.457 e. The van der Waals surface area contributed by atoms with Crippen LogP contribution in [0.1, 0.15) is 40.5 Å². The first-order valence-corrected chi connectivity index (χ1v) is 8.59. The van der Waals surface area contributed by atoms with Crippen molar-refractivity contribution in [2.45, 2.75) is 59.2 Å². The highest BCUT2D eigenvalue weighted by Gasteiger charge is 2.27. The van der Waals surface area contributed by atoms with Crippen LogP contribution in [0.2, 0.25) is 0 Å². The summed E-state index contributed by atoms with van der Waals surface area (Å²) in [5.41, 5.74) is 0. The van der Waals surface area contributed by atoms with Crippen molar-refractivity contribution in [3.05, 3.63) is 12.2 Å². The molecule has 0 aliphatic carbocycles. The summed E-state index contributed by atoms with van der Waals surface area (Å²) in [6.07, 6.45) is 0.00333. The minimum Gasteiger partial charge on any atom is -0.457 e. The van der Waals surface area contributed by atoms with Crippen molar-refractivity contribution in [1.82, 2.24) is 10.6 Å². The van der Waals surface area contributed by atoms with Crippen molar-refractivity contribution in [2.24, 2.45) is 11.8 Å². The summed E-state index contributed by atoms with van der Waals surface area (Å²) >= 11 is 0. The van der Waals surface area contributed by atoms with Crippen LogP contribution in [0, 0.1) is 11.8 Å². The maximum absolute atomic E-state index is 12.2. The molecule has 0 spiro atoms. The third-order valence-electron chi connectivity index (χ3n) is 3.52. The number of nitrogens with one attached hydrogen (secondary N) is 2. The molecular weight excluding hydrogens is 328 g/mol. The summed E-state index contributed by atoms with van der Waals surface area (Å²) in [7, 11) is 0. The van der Waals surface area contributed by atoms with Crippen molar-refractivity contribution < 1.29 is 29.6 Å². The molecule has 0 aromatic rings. The number of aliphatic hydroxyl groups excluding tert-OH is 2. The number of hydrogen-bond acceptors (Lipinski definition) is 7. The van der Waals surface area contributed by atoms with Crippen LogP contribution >= 0.6 is 0 Å². The number of aliphatic hydroxyl groups is 3. The molecule has 3 atom stereocenters. The summed E-state index contributed by atoms with van der Waals surface area (Å²) in [6, 6.07) is 0. The molecule has 0 heterocycles. The van der Waals surface area contributed by atoms with Gasteiger partial charge in [0.25, 0.3) is 0 Å². The van der Waals surface area contributed by atoms with E-state index in [-0.39, 0.29) is 24.9 Å². The lowest BCUT2D eigenvalue weighted by Gasteiger charge is -2.24. The average molecular weight is 360 g/mol. The van der Waals surface area contributed by atoms with Crippen LogP contribution in [-0.4, -0.2) is 58.9 Å². The van der Waals surface area contributed by atoms with Crippen molar-refractivity contribution in [1.29, 1.82) is 0 Å². The molecule has 1 amide bonds. The fraction of sp³-hybridized carbons (Fsp3) is 0.765. The van der Waals surface area contributed by atoms with Gasteiger partial charge in [-0.1, -0.05) is 26.8 Å². The quantitative estimate of drug-likeness (QED) is 0.186. The SMILES string of the molecule is CC=CC(=O)NCC(O)NCC(CC)C(=O)OC(CC(C)C)C(O)O. The topological polar surface area (TPSA) is 128 Å². The zero-order valence-corrected chi connectivity index (χ0v) is 15.4. The summed E-state index contributed by atoms with van der Waals surface area (Å²) in [6.45, 7) is 7.43. The van der Waals surface area contributed by atoms with Crippen molar-refractivity contribution in [3.8, 4) is 0 Å². The Morgan fingerprint density at radius 1 is 1.16 bits per heavy atom. The number of allylic oxidation sites excluding steroid dienone is 1. The molecule has 0 aliphatic rings. The van der Waals surface area contributed by atoms with Gasteiger partial charge in [-0.05, 0) is 31.8 Å². The fourth-order valence-electron chi connectivity index (χ4n) is 2.09. The molecule has 5 N–H and O–H groups in total. The summed E-state index contributed by atoms with van der Waals surface area (Å²) in [5.74, 6) is -1.28. The van der Waals surface area contributed by atoms with E-state index < -0.39 is 30.5 Å². The molecule has 0 aliphatic heterocycles. The maximum atomic E-state index is 12.2. The van der Waals surface area contributed by atoms with E-state index in [0.29, 0.717) is 12.8 Å². The van der Waals surface area contributed by atoms with Gasteiger partial charge in [-0.15, -0.1) is 0 Å². The number of esters is 1. The summed E-state index contributed by atoms with van der Waals surface area (Å²) in [5, 5.41) is 33.7. The molecule has 3 unspecified atom stereocenters. The minimum absolute atomic E-state index is 0.0000161. The van der Waals surface area contributed by atoms with E-state index in [0.717, 1.165) is 0 Å². The lowest BCUT2D eigenvalue weighted by Crippen LogP contribution is -2.44. The Kier molecular flexibility index (Phi) is 12.1. The van der Waals surface area contributed by atoms with Gasteiger partial charge in [-0.2, -0.15) is 0 Å². The van der Waals surface area contributed by atoms with Gasteiger partial charge in [0.05, 0.1) is 12.5 Å². The molecule has 0 fully saturated rings. The van der Waals surface area contributed by atoms with Crippen molar-refractivity contribution in [3.63, 3.8) is 0 Å². The molecule has 0 bridgehead atoms. The van der Waals surface area contributed by atoms with Crippen LogP contribution < -0.4 is 10.6 Å². The highest BCUT2D eigenvalue weighted by molar-refractivity contribution is 5.87. The van der Waals surface area contributed by atoms with Crippen LogP contribution in [0.15, 0.2) is 12.2 Å². The minimum atomic E-state index is -1.73. The Hall–Kier alpha value is -1.48. The number of carbonyl (C=O) groups excluding carboxylic acids is 2. The maximum Gasteiger partial charge on any atom is 0.310 e. The van der Waals surface area contributed by atoms with Crippen LogP contribution in [0.25, 0.3) is 0 Å². The smallest absolute Gasteiger partial charge is 0.310 e. The van der Waals surface area contributed by atoms with E-state index in [1.54, 1.807) is 19.9 Å². The van der Waals surface area contributed by atoms with Crippen LogP contribution in [0.3, 0.4) is 0 Å². The molecule has 0 rings (SSSR count). The lowest BCUT2D eigenvalue weighted by molar-refractivity contribution is -0.181. The molecule has 0 radical (unpaired) electrons. The number of amides is 1. The van der Waals surface area contributed by atoms with Crippen LogP contribution in [-0.2, 0) is 14.3 Å². The Morgan fingerprint density at radius 2 is 1.80 bits per heavy atom. The second-order valence-electron chi connectivity index (χ2n) is 6.29. The van der Waals surface area contributed by atoms with E-state index in [4.69, 9.17) is 4.74 Å². The number of rotatable bonds is 12. The van der Waals surface area contributed by atoms with Crippen LogP contribution in [0.5, 0.6) is 0 Å². The second kappa shape index (κ2) is 12.8. The van der Waals surface area contributed by atoms with Gasteiger partial charge in [0.1, 0.15) is 6.23 Å². The molecule has 8 heteroatoms. The van der Waals surface area contributed by atoms with Gasteiger partial charge in [0.15, 0.2) is 12.4 Å². The van der Waals surface area contributed by atoms with Gasteiger partial charge in [-0.25, -0.2) is 0 Å². The normalized spacial score (nSPS) is 15.4. The Bertz CT molecular complexity index is 425. The summed E-state index contributed by atoms with van der Waals surface area (Å²) < 4.78 is 5.20. The number of carbonyl (C=O) groups is 2. The molecule has 0 saturated heterocycles. The number of hydrogen-bond donors (Lipinski definition) is 5. The van der Waals surface area contributed by atoms with Crippen molar-refractivity contribution in [2.75, 3.05) is 13.1 Å².